The number of hydrogen-bond donors (Lipinski definition) is 0. The second-order valence-electron chi connectivity index (χ2n) is 3.71. The van der Waals surface area contributed by atoms with Crippen LogP contribution in [0.4, 0.5) is 0 Å². The highest BCUT2D eigenvalue weighted by Crippen LogP contribution is 2.36. The molecule has 0 N–H and O–H groups in total. The van der Waals surface area contributed by atoms with Gasteiger partial charge in [-0.25, -0.2) is 4.98 Å². The summed E-state index contributed by atoms with van der Waals surface area (Å²) in [7, 11) is 0. The van der Waals surface area contributed by atoms with Crippen molar-refractivity contribution in [2.75, 3.05) is 6.61 Å². The monoisotopic (exact) mass is 347 g/mol. The Labute approximate surface area is 111 Å². The number of nitrogens with zero attached hydrogens (tertiary/aromatic N) is 1. The van der Waals surface area contributed by atoms with E-state index in [0.717, 1.165) is 21.1 Å². The first-order chi connectivity index (χ1) is 7.63. The predicted molar refractivity (Wildman–Crippen MR) is 67.2 cm³/mol. The van der Waals surface area contributed by atoms with Crippen molar-refractivity contribution in [3.8, 4) is 0 Å². The summed E-state index contributed by atoms with van der Waals surface area (Å²) < 4.78 is 6.85. The van der Waals surface area contributed by atoms with Crippen LogP contribution in [0.5, 0.6) is 0 Å². The molecule has 0 fully saturated rings. The quantitative estimate of drug-likeness (QED) is 0.609. The average Bonchev–Trinajstić information content (AvgIpc) is 2.70. The van der Waals surface area contributed by atoms with Crippen LogP contribution in [0.25, 0.3) is 0 Å². The molecule has 1 atom stereocenters. The molecular weight excluding hydrogens is 338 g/mol. The van der Waals surface area contributed by atoms with E-state index in [9.17, 15) is 4.79 Å². The van der Waals surface area contributed by atoms with Crippen LogP contribution in [-0.4, -0.2) is 17.6 Å². The standard InChI is InChI=1S/C11H11Br2NO2/c1-2-16-11(15)6-3-7-8(4-6)10(13)14-5-9(7)12/h5-6H,2-4H2,1H3. The lowest BCUT2D eigenvalue weighted by Crippen LogP contribution is -2.17. The van der Waals surface area contributed by atoms with E-state index in [1.807, 2.05) is 6.92 Å². The highest BCUT2D eigenvalue weighted by atomic mass is 79.9. The summed E-state index contributed by atoms with van der Waals surface area (Å²) in [6.07, 6.45) is 3.20. The number of pyridine rings is 1. The summed E-state index contributed by atoms with van der Waals surface area (Å²) in [5, 5.41) is 0. The van der Waals surface area contributed by atoms with Gasteiger partial charge in [-0.1, -0.05) is 0 Å². The number of carbonyl (C=O) groups is 1. The predicted octanol–water partition coefficient (Wildman–Crippen LogP) is 2.88. The molecule has 0 aromatic carbocycles. The minimum Gasteiger partial charge on any atom is -0.466 e. The largest absolute Gasteiger partial charge is 0.466 e. The van der Waals surface area contributed by atoms with Crippen LogP contribution in [0, 0.1) is 5.92 Å². The third kappa shape index (κ3) is 2.15. The van der Waals surface area contributed by atoms with Crippen LogP contribution in [0.1, 0.15) is 18.1 Å². The molecule has 1 aromatic rings. The molecule has 0 spiro atoms. The Morgan fingerprint density at radius 3 is 2.81 bits per heavy atom. The molecule has 0 amide bonds. The van der Waals surface area contributed by atoms with E-state index in [1.165, 1.54) is 5.56 Å². The van der Waals surface area contributed by atoms with Gasteiger partial charge in [-0.15, -0.1) is 0 Å². The van der Waals surface area contributed by atoms with Crippen molar-refractivity contribution in [1.29, 1.82) is 0 Å². The summed E-state index contributed by atoms with van der Waals surface area (Å²) in [6.45, 7) is 2.26. The molecule has 1 unspecified atom stereocenters. The van der Waals surface area contributed by atoms with Gasteiger partial charge in [-0.2, -0.15) is 0 Å². The normalized spacial score (nSPS) is 18.3. The topological polar surface area (TPSA) is 39.2 Å². The van der Waals surface area contributed by atoms with Gasteiger partial charge in [0.15, 0.2) is 0 Å². The number of ether oxygens (including phenoxy) is 1. The van der Waals surface area contributed by atoms with Crippen molar-refractivity contribution >= 4 is 37.8 Å². The van der Waals surface area contributed by atoms with E-state index >= 15 is 0 Å². The Morgan fingerprint density at radius 1 is 1.50 bits per heavy atom. The molecule has 1 aliphatic rings. The van der Waals surface area contributed by atoms with Crippen LogP contribution in [0.2, 0.25) is 0 Å². The number of hydrogen-bond acceptors (Lipinski definition) is 3. The molecule has 5 heteroatoms. The van der Waals surface area contributed by atoms with Crippen molar-refractivity contribution in [2.24, 2.45) is 5.92 Å². The lowest BCUT2D eigenvalue weighted by molar-refractivity contribution is -0.147. The van der Waals surface area contributed by atoms with Crippen LogP contribution >= 0.6 is 31.9 Å². The smallest absolute Gasteiger partial charge is 0.309 e. The maximum Gasteiger partial charge on any atom is 0.309 e. The lowest BCUT2D eigenvalue weighted by atomic mass is 10.1. The number of aromatic nitrogens is 1. The van der Waals surface area contributed by atoms with E-state index in [2.05, 4.69) is 36.8 Å². The fraction of sp³-hybridized carbons (Fsp3) is 0.455. The molecule has 0 aliphatic heterocycles. The lowest BCUT2D eigenvalue weighted by Gasteiger charge is -2.07. The molecule has 0 saturated heterocycles. The van der Waals surface area contributed by atoms with E-state index < -0.39 is 0 Å². The molecule has 16 heavy (non-hydrogen) atoms. The maximum atomic E-state index is 11.7. The van der Waals surface area contributed by atoms with Crippen LogP contribution < -0.4 is 0 Å². The first-order valence-corrected chi connectivity index (χ1v) is 6.70. The molecule has 86 valence electrons. The number of esters is 1. The van der Waals surface area contributed by atoms with Crippen molar-refractivity contribution < 1.29 is 9.53 Å². The number of rotatable bonds is 2. The second-order valence-corrected chi connectivity index (χ2v) is 5.32. The maximum absolute atomic E-state index is 11.7. The van der Waals surface area contributed by atoms with Crippen LogP contribution in [0.15, 0.2) is 15.3 Å². The van der Waals surface area contributed by atoms with Gasteiger partial charge in [0, 0.05) is 10.7 Å². The molecule has 1 aliphatic carbocycles. The van der Waals surface area contributed by atoms with Gasteiger partial charge >= 0.3 is 5.97 Å². The van der Waals surface area contributed by atoms with Gasteiger partial charge in [-0.3, -0.25) is 4.79 Å². The van der Waals surface area contributed by atoms with E-state index in [0.29, 0.717) is 13.0 Å². The summed E-state index contributed by atoms with van der Waals surface area (Å²) >= 11 is 6.87. The first kappa shape index (κ1) is 12.0. The molecule has 0 radical (unpaired) electrons. The van der Waals surface area contributed by atoms with Gasteiger partial charge in [-0.05, 0) is 62.8 Å². The van der Waals surface area contributed by atoms with Gasteiger partial charge in [0.1, 0.15) is 4.60 Å². The zero-order valence-electron chi connectivity index (χ0n) is 8.80. The first-order valence-electron chi connectivity index (χ1n) is 5.11. The fourth-order valence-electron chi connectivity index (χ4n) is 1.96. The van der Waals surface area contributed by atoms with Crippen molar-refractivity contribution in [3.63, 3.8) is 0 Å². The zero-order chi connectivity index (χ0) is 11.7. The Morgan fingerprint density at radius 2 is 2.19 bits per heavy atom. The van der Waals surface area contributed by atoms with Gasteiger partial charge in [0.05, 0.1) is 12.5 Å². The zero-order valence-corrected chi connectivity index (χ0v) is 12.0. The van der Waals surface area contributed by atoms with Crippen molar-refractivity contribution in [3.05, 3.63) is 26.4 Å². The molecule has 3 nitrogen and oxygen atoms in total. The van der Waals surface area contributed by atoms with E-state index in [-0.39, 0.29) is 11.9 Å². The number of carbonyl (C=O) groups excluding carboxylic acids is 1. The third-order valence-corrected chi connectivity index (χ3v) is 4.08. The van der Waals surface area contributed by atoms with Gasteiger partial charge in [0.25, 0.3) is 0 Å². The number of halogens is 2. The van der Waals surface area contributed by atoms with E-state index in [1.54, 1.807) is 6.20 Å². The Kier molecular flexibility index (Phi) is 3.64. The Bertz CT molecular complexity index is 403. The minimum atomic E-state index is -0.113. The summed E-state index contributed by atoms with van der Waals surface area (Å²) in [5.41, 5.74) is 2.28. The van der Waals surface area contributed by atoms with Crippen LogP contribution in [-0.2, 0) is 22.4 Å². The van der Waals surface area contributed by atoms with Crippen LogP contribution in [0.3, 0.4) is 0 Å². The molecule has 2 rings (SSSR count). The number of fused-ring (bicyclic) bond motifs is 1. The van der Waals surface area contributed by atoms with Gasteiger partial charge < -0.3 is 4.74 Å². The Hall–Kier alpha value is -0.420. The van der Waals surface area contributed by atoms with Crippen molar-refractivity contribution in [2.45, 2.75) is 19.8 Å². The minimum absolute atomic E-state index is 0.0632. The highest BCUT2D eigenvalue weighted by Gasteiger charge is 2.31. The molecule has 0 saturated carbocycles. The molecule has 0 bridgehead atoms. The summed E-state index contributed by atoms with van der Waals surface area (Å²) in [4.78, 5) is 15.9. The fourth-order valence-corrected chi connectivity index (χ4v) is 2.96. The third-order valence-electron chi connectivity index (χ3n) is 2.71. The SMILES string of the molecule is CCOC(=O)C1Cc2c(Br)cnc(Br)c2C1. The summed E-state index contributed by atoms with van der Waals surface area (Å²) in [5.74, 6) is -0.177. The molecule has 1 aromatic heterocycles. The van der Waals surface area contributed by atoms with Gasteiger partial charge in [0.2, 0.25) is 0 Å². The molecule has 1 heterocycles. The van der Waals surface area contributed by atoms with Crippen molar-refractivity contribution in [1.82, 2.24) is 4.98 Å². The summed E-state index contributed by atoms with van der Waals surface area (Å²) in [6, 6.07) is 0. The highest BCUT2D eigenvalue weighted by molar-refractivity contribution is 9.11. The second kappa shape index (κ2) is 4.84. The average molecular weight is 349 g/mol. The van der Waals surface area contributed by atoms with E-state index in [4.69, 9.17) is 4.74 Å². The Balaban J connectivity index is 2.24. The molecular formula is C11H11Br2NO2.